The first-order valence-electron chi connectivity index (χ1n) is 9.72. The zero-order chi connectivity index (χ0) is 20.1. The molecule has 152 valence electrons. The van der Waals surface area contributed by atoms with E-state index in [9.17, 15) is 13.2 Å². The average molecular weight is 402 g/mol. The summed E-state index contributed by atoms with van der Waals surface area (Å²) >= 11 is 0. The second-order valence-corrected chi connectivity index (χ2v) is 8.11. The lowest BCUT2D eigenvalue weighted by molar-refractivity contribution is -0.141. The van der Waals surface area contributed by atoms with E-state index in [1.54, 1.807) is 16.8 Å². The molecule has 1 spiro atoms. The Morgan fingerprint density at radius 2 is 1.86 bits per heavy atom. The summed E-state index contributed by atoms with van der Waals surface area (Å²) in [5.41, 5.74) is 1.65. The van der Waals surface area contributed by atoms with E-state index in [0.29, 0.717) is 16.7 Å². The fraction of sp³-hybridized carbons (Fsp3) is 0.429. The summed E-state index contributed by atoms with van der Waals surface area (Å²) in [5.74, 6) is 0. The predicted molar refractivity (Wildman–Crippen MR) is 102 cm³/mol. The first-order chi connectivity index (χ1) is 13.9. The molecule has 5 rings (SSSR count). The quantitative estimate of drug-likeness (QED) is 0.663. The number of ether oxygens (including phenoxy) is 1. The van der Waals surface area contributed by atoms with Gasteiger partial charge in [0, 0.05) is 35.9 Å². The summed E-state index contributed by atoms with van der Waals surface area (Å²) in [5, 5.41) is 0.911. The number of hydrogen-bond donors (Lipinski definition) is 0. The Bertz CT molecular complexity index is 1030. The molecule has 3 aromatic rings. The number of alkyl halides is 3. The summed E-state index contributed by atoms with van der Waals surface area (Å²) in [7, 11) is 0. The summed E-state index contributed by atoms with van der Waals surface area (Å²) in [6, 6.07) is 6.55. The van der Waals surface area contributed by atoms with Crippen molar-refractivity contribution in [1.29, 1.82) is 0 Å². The number of rotatable bonds is 3. The van der Waals surface area contributed by atoms with Gasteiger partial charge in [-0.1, -0.05) is 0 Å². The van der Waals surface area contributed by atoms with Crippen LogP contribution in [0.5, 0.6) is 0 Å². The normalized spacial score (nSPS) is 19.6. The number of pyridine rings is 2. The van der Waals surface area contributed by atoms with Gasteiger partial charge in [-0.2, -0.15) is 13.2 Å². The highest BCUT2D eigenvalue weighted by Crippen LogP contribution is 2.38. The van der Waals surface area contributed by atoms with Gasteiger partial charge in [-0.3, -0.25) is 9.88 Å². The zero-order valence-corrected chi connectivity index (χ0v) is 15.8. The third-order valence-electron chi connectivity index (χ3n) is 6.03. The van der Waals surface area contributed by atoms with Crippen molar-refractivity contribution in [3.8, 4) is 5.69 Å². The van der Waals surface area contributed by atoms with Crippen LogP contribution in [0.4, 0.5) is 13.2 Å². The summed E-state index contributed by atoms with van der Waals surface area (Å²) in [6.45, 7) is 4.73. The van der Waals surface area contributed by atoms with Crippen molar-refractivity contribution in [1.82, 2.24) is 19.4 Å². The molecule has 3 aromatic heterocycles. The molecule has 5 nitrogen and oxygen atoms in total. The van der Waals surface area contributed by atoms with E-state index in [-0.39, 0.29) is 0 Å². The molecule has 0 unspecified atom stereocenters. The summed E-state index contributed by atoms with van der Waals surface area (Å²) in [4.78, 5) is 10.4. The second-order valence-electron chi connectivity index (χ2n) is 8.11. The third-order valence-corrected chi connectivity index (χ3v) is 6.03. The molecule has 0 aromatic carbocycles. The third kappa shape index (κ3) is 3.51. The molecule has 5 heterocycles. The average Bonchev–Trinajstić information content (AvgIpc) is 3.10. The molecule has 2 saturated heterocycles. The van der Waals surface area contributed by atoms with Crippen LogP contribution in [0.15, 0.2) is 42.9 Å². The number of hydrogen-bond acceptors (Lipinski definition) is 4. The van der Waals surface area contributed by atoms with Crippen molar-refractivity contribution >= 4 is 11.0 Å². The maximum atomic E-state index is 13.0. The molecule has 0 aliphatic carbocycles. The smallest absolute Gasteiger partial charge is 0.380 e. The summed E-state index contributed by atoms with van der Waals surface area (Å²) in [6.07, 6.45) is 2.61. The number of fused-ring (bicyclic) bond motifs is 1. The van der Waals surface area contributed by atoms with E-state index >= 15 is 0 Å². The lowest BCUT2D eigenvalue weighted by Gasteiger charge is -2.47. The van der Waals surface area contributed by atoms with Gasteiger partial charge in [-0.05, 0) is 55.8 Å². The van der Waals surface area contributed by atoms with Crippen molar-refractivity contribution in [2.24, 2.45) is 5.41 Å². The topological polar surface area (TPSA) is 43.2 Å². The Hall–Kier alpha value is -2.45. The van der Waals surface area contributed by atoms with Crippen LogP contribution >= 0.6 is 0 Å². The first-order valence-corrected chi connectivity index (χ1v) is 9.72. The van der Waals surface area contributed by atoms with Crippen LogP contribution in [0.3, 0.4) is 0 Å². The minimum atomic E-state index is -4.47. The van der Waals surface area contributed by atoms with Crippen LogP contribution in [0.2, 0.25) is 0 Å². The van der Waals surface area contributed by atoms with Crippen molar-refractivity contribution in [2.75, 3.05) is 26.3 Å². The fourth-order valence-electron chi connectivity index (χ4n) is 4.21. The highest BCUT2D eigenvalue weighted by molar-refractivity contribution is 5.78. The molecule has 0 radical (unpaired) electrons. The van der Waals surface area contributed by atoms with Crippen molar-refractivity contribution < 1.29 is 17.9 Å². The Balaban J connectivity index is 1.35. The van der Waals surface area contributed by atoms with E-state index in [0.717, 1.165) is 49.9 Å². The monoisotopic (exact) mass is 402 g/mol. The molecule has 0 bridgehead atoms. The van der Waals surface area contributed by atoms with E-state index in [4.69, 9.17) is 4.74 Å². The Morgan fingerprint density at radius 3 is 2.55 bits per heavy atom. The lowest BCUT2D eigenvalue weighted by Crippen LogP contribution is -2.50. The molecule has 2 fully saturated rings. The molecule has 0 N–H and O–H groups in total. The van der Waals surface area contributed by atoms with Gasteiger partial charge in [0.2, 0.25) is 0 Å². The van der Waals surface area contributed by atoms with Crippen molar-refractivity contribution in [2.45, 2.75) is 25.6 Å². The standard InChI is InChI=1S/C21H21F3N4O/c22-21(23,24)18-10-17(1-5-25-18)28-6-2-16-9-15(11-26-19(16)28)12-27-7-3-20(4-8-27)13-29-14-20/h1-2,5-6,9-11H,3-4,7-8,12-14H2. The minimum Gasteiger partial charge on any atom is -0.380 e. The SMILES string of the molecule is FC(F)(F)c1cc(-n2ccc3cc(CN4CCC5(CC4)COC5)cnc32)ccn1. The molecular weight excluding hydrogens is 381 g/mol. The number of likely N-dealkylation sites (tertiary alicyclic amines) is 1. The van der Waals surface area contributed by atoms with E-state index in [1.807, 2.05) is 12.3 Å². The van der Waals surface area contributed by atoms with Gasteiger partial charge >= 0.3 is 6.18 Å². The van der Waals surface area contributed by atoms with Crippen LogP contribution in [0.25, 0.3) is 16.7 Å². The fourth-order valence-corrected chi connectivity index (χ4v) is 4.21. The highest BCUT2D eigenvalue weighted by Gasteiger charge is 2.41. The summed E-state index contributed by atoms with van der Waals surface area (Å²) < 4.78 is 46.0. The molecule has 2 aliphatic heterocycles. The Morgan fingerprint density at radius 1 is 1.07 bits per heavy atom. The van der Waals surface area contributed by atoms with E-state index < -0.39 is 11.9 Å². The predicted octanol–water partition coefficient (Wildman–Crippen LogP) is 4.05. The Labute approximate surface area is 166 Å². The molecule has 29 heavy (non-hydrogen) atoms. The molecule has 2 aliphatic rings. The van der Waals surface area contributed by atoms with Crippen LogP contribution in [0, 0.1) is 5.41 Å². The van der Waals surface area contributed by atoms with Crippen LogP contribution in [-0.2, 0) is 17.5 Å². The van der Waals surface area contributed by atoms with E-state index in [1.165, 1.54) is 19.0 Å². The van der Waals surface area contributed by atoms with Gasteiger partial charge in [0.1, 0.15) is 11.3 Å². The molecule has 8 heteroatoms. The maximum absolute atomic E-state index is 13.0. The number of nitrogens with zero attached hydrogens (tertiary/aromatic N) is 4. The van der Waals surface area contributed by atoms with Crippen LogP contribution in [0.1, 0.15) is 24.1 Å². The maximum Gasteiger partial charge on any atom is 0.433 e. The van der Waals surface area contributed by atoms with Gasteiger partial charge < -0.3 is 9.30 Å². The largest absolute Gasteiger partial charge is 0.433 e. The zero-order valence-electron chi connectivity index (χ0n) is 15.8. The van der Waals surface area contributed by atoms with Crippen LogP contribution < -0.4 is 0 Å². The van der Waals surface area contributed by atoms with Crippen molar-refractivity contribution in [3.05, 3.63) is 54.1 Å². The number of piperidine rings is 1. The van der Waals surface area contributed by atoms with Gasteiger partial charge in [0.25, 0.3) is 0 Å². The second kappa shape index (κ2) is 6.81. The van der Waals surface area contributed by atoms with Gasteiger partial charge in [-0.25, -0.2) is 4.98 Å². The highest BCUT2D eigenvalue weighted by atomic mass is 19.4. The van der Waals surface area contributed by atoms with Gasteiger partial charge in [-0.15, -0.1) is 0 Å². The lowest BCUT2D eigenvalue weighted by atomic mass is 9.77. The molecular formula is C21H21F3N4O. The van der Waals surface area contributed by atoms with Crippen LogP contribution in [-0.4, -0.2) is 45.7 Å². The van der Waals surface area contributed by atoms with Gasteiger partial charge in [0.15, 0.2) is 0 Å². The Kier molecular flexibility index (Phi) is 4.36. The number of halogens is 3. The minimum absolute atomic E-state index is 0.395. The van der Waals surface area contributed by atoms with Gasteiger partial charge in [0.05, 0.1) is 18.9 Å². The molecule has 0 saturated carbocycles. The number of aromatic nitrogens is 3. The van der Waals surface area contributed by atoms with Crippen molar-refractivity contribution in [3.63, 3.8) is 0 Å². The molecule has 0 atom stereocenters. The van der Waals surface area contributed by atoms with E-state index in [2.05, 4.69) is 20.9 Å². The molecule has 0 amide bonds. The first kappa shape index (κ1) is 18.6.